The first-order valence-electron chi connectivity index (χ1n) is 6.63. The molecule has 0 aliphatic carbocycles. The minimum Gasteiger partial charge on any atom is -0.464 e. The Morgan fingerprint density at radius 1 is 1.50 bits per heavy atom. The lowest BCUT2D eigenvalue weighted by Crippen LogP contribution is -2.53. The highest BCUT2D eigenvalue weighted by atomic mass is 16.5. The van der Waals surface area contributed by atoms with Crippen LogP contribution in [0.25, 0.3) is 0 Å². The van der Waals surface area contributed by atoms with E-state index >= 15 is 0 Å². The van der Waals surface area contributed by atoms with Gasteiger partial charge < -0.3 is 15.0 Å². The third-order valence-electron chi connectivity index (χ3n) is 3.12. The van der Waals surface area contributed by atoms with Crippen molar-refractivity contribution in [1.82, 2.24) is 0 Å². The molecule has 20 heavy (non-hydrogen) atoms. The highest BCUT2D eigenvalue weighted by molar-refractivity contribution is 6.14. The van der Waals surface area contributed by atoms with Gasteiger partial charge in [0.05, 0.1) is 18.0 Å². The zero-order valence-corrected chi connectivity index (χ0v) is 11.5. The van der Waals surface area contributed by atoms with E-state index in [1.54, 1.807) is 17.9 Å². The van der Waals surface area contributed by atoms with Gasteiger partial charge in [-0.25, -0.2) is 4.79 Å². The van der Waals surface area contributed by atoms with Gasteiger partial charge in [0, 0.05) is 6.54 Å². The maximum absolute atomic E-state index is 12.2. The molecule has 1 unspecified atom stereocenters. The summed E-state index contributed by atoms with van der Waals surface area (Å²) in [6.07, 6.45) is 2.44. The third kappa shape index (κ3) is 2.66. The van der Waals surface area contributed by atoms with Crippen molar-refractivity contribution in [3.63, 3.8) is 0 Å². The minimum atomic E-state index is -0.940. The molecule has 5 heteroatoms. The lowest BCUT2D eigenvalue weighted by molar-refractivity contribution is -0.147. The van der Waals surface area contributed by atoms with Gasteiger partial charge in [0.1, 0.15) is 0 Å². The Morgan fingerprint density at radius 3 is 2.95 bits per heavy atom. The van der Waals surface area contributed by atoms with Crippen LogP contribution in [0.1, 0.15) is 13.3 Å². The fourth-order valence-electron chi connectivity index (χ4n) is 2.25. The zero-order valence-electron chi connectivity index (χ0n) is 11.5. The molecule has 0 saturated heterocycles. The zero-order chi connectivity index (χ0) is 14.5. The summed E-state index contributed by atoms with van der Waals surface area (Å²) in [5.74, 6) is -0.880. The second-order valence-corrected chi connectivity index (χ2v) is 4.43. The van der Waals surface area contributed by atoms with Gasteiger partial charge in [-0.1, -0.05) is 18.2 Å². The van der Waals surface area contributed by atoms with Gasteiger partial charge in [-0.05, 0) is 25.5 Å². The van der Waals surface area contributed by atoms with Crippen molar-refractivity contribution in [2.75, 3.05) is 23.4 Å². The third-order valence-corrected chi connectivity index (χ3v) is 3.12. The van der Waals surface area contributed by atoms with Crippen molar-refractivity contribution in [3.05, 3.63) is 36.9 Å². The molecule has 1 N–H and O–H groups in total. The predicted octanol–water partition coefficient (Wildman–Crippen LogP) is 1.95. The highest BCUT2D eigenvalue weighted by Gasteiger charge is 2.38. The molecule has 0 radical (unpaired) electrons. The molecule has 1 aromatic carbocycles. The molecule has 1 aliphatic heterocycles. The number of hydrogen-bond donors (Lipinski definition) is 1. The molecule has 106 valence electrons. The van der Waals surface area contributed by atoms with Gasteiger partial charge in [-0.15, -0.1) is 6.58 Å². The Bertz CT molecular complexity index is 528. The van der Waals surface area contributed by atoms with Gasteiger partial charge in [0.25, 0.3) is 5.91 Å². The summed E-state index contributed by atoms with van der Waals surface area (Å²) in [5.41, 5.74) is 1.54. The van der Waals surface area contributed by atoms with E-state index in [4.69, 9.17) is 4.74 Å². The normalized spacial score (nSPS) is 17.1. The standard InChI is InChI=1S/C15H18N2O3/c1-3-5-10-17-12-9-7-6-8-11(12)16-14(18)13(17)15(19)20-4-2/h3,6-9,13H,1,4-5,10H2,2H3,(H,16,18). The van der Waals surface area contributed by atoms with E-state index in [9.17, 15) is 9.59 Å². The number of benzene rings is 1. The van der Waals surface area contributed by atoms with E-state index in [1.807, 2.05) is 24.3 Å². The molecular formula is C15H18N2O3. The number of amides is 1. The van der Waals surface area contributed by atoms with Crippen molar-refractivity contribution in [2.45, 2.75) is 19.4 Å². The maximum Gasteiger partial charge on any atom is 0.338 e. The van der Waals surface area contributed by atoms with Crippen LogP contribution in [0.3, 0.4) is 0 Å². The van der Waals surface area contributed by atoms with E-state index in [2.05, 4.69) is 11.9 Å². The summed E-state index contributed by atoms with van der Waals surface area (Å²) in [5, 5.41) is 2.75. The van der Waals surface area contributed by atoms with Crippen LogP contribution in [-0.2, 0) is 14.3 Å². The Morgan fingerprint density at radius 2 is 2.25 bits per heavy atom. The molecular weight excluding hydrogens is 256 g/mol. The summed E-state index contributed by atoms with van der Waals surface area (Å²) >= 11 is 0. The molecule has 0 saturated carbocycles. The molecule has 0 fully saturated rings. The largest absolute Gasteiger partial charge is 0.464 e. The van der Waals surface area contributed by atoms with E-state index in [1.165, 1.54) is 0 Å². The van der Waals surface area contributed by atoms with Gasteiger partial charge in [-0.2, -0.15) is 0 Å². The molecule has 1 aromatic rings. The fourth-order valence-corrected chi connectivity index (χ4v) is 2.25. The van der Waals surface area contributed by atoms with Crippen LogP contribution in [-0.4, -0.2) is 31.1 Å². The number of nitrogens with one attached hydrogen (secondary N) is 1. The molecule has 1 heterocycles. The number of hydrogen-bond acceptors (Lipinski definition) is 4. The Kier molecular flexibility index (Phi) is 4.40. The van der Waals surface area contributed by atoms with Crippen molar-refractivity contribution < 1.29 is 14.3 Å². The number of carbonyl (C=O) groups is 2. The first kappa shape index (κ1) is 14.1. The summed E-state index contributed by atoms with van der Waals surface area (Å²) < 4.78 is 5.01. The lowest BCUT2D eigenvalue weighted by atomic mass is 10.1. The van der Waals surface area contributed by atoms with Crippen molar-refractivity contribution in [1.29, 1.82) is 0 Å². The number of esters is 1. The fraction of sp³-hybridized carbons (Fsp3) is 0.333. The number of fused-ring (bicyclic) bond motifs is 1. The second-order valence-electron chi connectivity index (χ2n) is 4.43. The summed E-state index contributed by atoms with van der Waals surface area (Å²) in [7, 11) is 0. The Hall–Kier alpha value is -2.30. The minimum absolute atomic E-state index is 0.250. The van der Waals surface area contributed by atoms with Gasteiger partial charge in [0.15, 0.2) is 0 Å². The molecule has 0 spiro atoms. The predicted molar refractivity (Wildman–Crippen MR) is 77.7 cm³/mol. The number of rotatable bonds is 5. The average Bonchev–Trinajstić information content (AvgIpc) is 2.44. The summed E-state index contributed by atoms with van der Waals surface area (Å²) in [6, 6.07) is 6.47. The molecule has 1 amide bonds. The summed E-state index contributed by atoms with van der Waals surface area (Å²) in [6.45, 7) is 6.19. The molecule has 2 rings (SSSR count). The summed E-state index contributed by atoms with van der Waals surface area (Å²) in [4.78, 5) is 26.0. The number of ether oxygens (including phenoxy) is 1. The van der Waals surface area contributed by atoms with Crippen molar-refractivity contribution in [3.8, 4) is 0 Å². The Balaban J connectivity index is 2.37. The van der Waals surface area contributed by atoms with E-state index in [0.717, 1.165) is 5.69 Å². The molecule has 1 atom stereocenters. The van der Waals surface area contributed by atoms with Crippen LogP contribution < -0.4 is 10.2 Å². The SMILES string of the molecule is C=CCCN1c2ccccc2NC(=O)C1C(=O)OCC. The van der Waals surface area contributed by atoms with E-state index < -0.39 is 12.0 Å². The van der Waals surface area contributed by atoms with Gasteiger partial charge in [0.2, 0.25) is 6.04 Å². The van der Waals surface area contributed by atoms with Crippen molar-refractivity contribution in [2.24, 2.45) is 0 Å². The van der Waals surface area contributed by atoms with Gasteiger partial charge >= 0.3 is 5.97 Å². The van der Waals surface area contributed by atoms with E-state index in [0.29, 0.717) is 18.7 Å². The van der Waals surface area contributed by atoms with Crippen LogP contribution in [0.5, 0.6) is 0 Å². The van der Waals surface area contributed by atoms with Crippen molar-refractivity contribution >= 4 is 23.3 Å². The first-order valence-corrected chi connectivity index (χ1v) is 6.63. The topological polar surface area (TPSA) is 58.6 Å². The molecule has 5 nitrogen and oxygen atoms in total. The number of carbonyl (C=O) groups excluding carboxylic acids is 2. The van der Waals surface area contributed by atoms with Crippen LogP contribution in [0, 0.1) is 0 Å². The lowest BCUT2D eigenvalue weighted by Gasteiger charge is -2.36. The van der Waals surface area contributed by atoms with Crippen LogP contribution in [0.2, 0.25) is 0 Å². The monoisotopic (exact) mass is 274 g/mol. The van der Waals surface area contributed by atoms with Crippen LogP contribution in [0.15, 0.2) is 36.9 Å². The first-order chi connectivity index (χ1) is 9.69. The second kappa shape index (κ2) is 6.23. The van der Waals surface area contributed by atoms with Crippen LogP contribution >= 0.6 is 0 Å². The van der Waals surface area contributed by atoms with Gasteiger partial charge in [-0.3, -0.25) is 4.79 Å². The molecule has 0 aromatic heterocycles. The maximum atomic E-state index is 12.2. The quantitative estimate of drug-likeness (QED) is 0.506. The van der Waals surface area contributed by atoms with Crippen LogP contribution in [0.4, 0.5) is 11.4 Å². The van der Waals surface area contributed by atoms with E-state index in [-0.39, 0.29) is 12.5 Å². The molecule has 0 bridgehead atoms. The smallest absolute Gasteiger partial charge is 0.338 e. The highest BCUT2D eigenvalue weighted by Crippen LogP contribution is 2.32. The Labute approximate surface area is 118 Å². The average molecular weight is 274 g/mol. The number of anilines is 2. The number of nitrogens with zero attached hydrogens (tertiary/aromatic N) is 1. The molecule has 1 aliphatic rings. The number of para-hydroxylation sites is 2.